The normalized spacial score (nSPS) is 12.2. The van der Waals surface area contributed by atoms with Crippen molar-refractivity contribution in [3.05, 3.63) is 64.1 Å². The summed E-state index contributed by atoms with van der Waals surface area (Å²) in [6, 6.07) is 16.9. The third-order valence-electron chi connectivity index (χ3n) is 3.30. The second-order valence-electron chi connectivity index (χ2n) is 4.64. The van der Waals surface area contributed by atoms with Crippen LogP contribution < -0.4 is 10.1 Å². The van der Waals surface area contributed by atoms with E-state index in [0.717, 1.165) is 16.6 Å². The minimum absolute atomic E-state index is 0.272. The first-order valence-electron chi connectivity index (χ1n) is 6.88. The van der Waals surface area contributed by atoms with Crippen LogP contribution >= 0.6 is 15.9 Å². The zero-order chi connectivity index (χ0) is 14.4. The van der Waals surface area contributed by atoms with Gasteiger partial charge in [0.2, 0.25) is 0 Å². The Morgan fingerprint density at radius 1 is 1.15 bits per heavy atom. The Morgan fingerprint density at radius 3 is 2.65 bits per heavy atom. The van der Waals surface area contributed by atoms with Crippen molar-refractivity contribution in [3.63, 3.8) is 0 Å². The Balaban J connectivity index is 2.20. The van der Waals surface area contributed by atoms with Crippen molar-refractivity contribution < 1.29 is 4.74 Å². The molecule has 20 heavy (non-hydrogen) atoms. The molecule has 0 saturated heterocycles. The van der Waals surface area contributed by atoms with Gasteiger partial charge >= 0.3 is 0 Å². The van der Waals surface area contributed by atoms with Crippen LogP contribution in [0.2, 0.25) is 0 Å². The van der Waals surface area contributed by atoms with E-state index in [-0.39, 0.29) is 6.04 Å². The van der Waals surface area contributed by atoms with Gasteiger partial charge in [0.25, 0.3) is 0 Å². The lowest BCUT2D eigenvalue weighted by atomic mass is 9.99. The largest absolute Gasteiger partial charge is 0.494 e. The predicted octanol–water partition coefficient (Wildman–Crippen LogP) is 4.35. The van der Waals surface area contributed by atoms with E-state index < -0.39 is 0 Å². The number of nitrogens with one attached hydrogen (secondary N) is 1. The monoisotopic (exact) mass is 333 g/mol. The Labute approximate surface area is 129 Å². The predicted molar refractivity (Wildman–Crippen MR) is 87.3 cm³/mol. The fourth-order valence-electron chi connectivity index (χ4n) is 2.26. The van der Waals surface area contributed by atoms with Gasteiger partial charge in [-0.05, 0) is 49.7 Å². The van der Waals surface area contributed by atoms with Gasteiger partial charge in [0, 0.05) is 10.5 Å². The van der Waals surface area contributed by atoms with Gasteiger partial charge < -0.3 is 10.1 Å². The second-order valence-corrected chi connectivity index (χ2v) is 5.50. The molecule has 0 aromatic heterocycles. The van der Waals surface area contributed by atoms with Gasteiger partial charge in [0.1, 0.15) is 5.75 Å². The minimum Gasteiger partial charge on any atom is -0.494 e. The molecular weight excluding hydrogens is 314 g/mol. The molecule has 1 atom stereocenters. The molecule has 3 heteroatoms. The van der Waals surface area contributed by atoms with Crippen LogP contribution in [0.1, 0.15) is 24.1 Å². The summed E-state index contributed by atoms with van der Waals surface area (Å²) in [6.45, 7) is 2.70. The summed E-state index contributed by atoms with van der Waals surface area (Å²) in [5, 5.41) is 3.39. The highest BCUT2D eigenvalue weighted by Gasteiger charge is 2.12. The van der Waals surface area contributed by atoms with E-state index in [1.807, 2.05) is 32.2 Å². The average molecular weight is 334 g/mol. The summed E-state index contributed by atoms with van der Waals surface area (Å²) in [7, 11) is 1.99. The molecule has 0 bridgehead atoms. The summed E-state index contributed by atoms with van der Waals surface area (Å²) in [5.74, 6) is 0.928. The zero-order valence-corrected chi connectivity index (χ0v) is 13.5. The molecule has 2 nitrogen and oxygen atoms in total. The van der Waals surface area contributed by atoms with E-state index >= 15 is 0 Å². The van der Waals surface area contributed by atoms with Gasteiger partial charge in [0.05, 0.1) is 6.61 Å². The maximum Gasteiger partial charge on any atom is 0.119 e. The summed E-state index contributed by atoms with van der Waals surface area (Å²) in [4.78, 5) is 0. The van der Waals surface area contributed by atoms with Crippen LogP contribution in [0.25, 0.3) is 0 Å². The topological polar surface area (TPSA) is 21.3 Å². The van der Waals surface area contributed by atoms with Crippen LogP contribution in [-0.2, 0) is 6.42 Å². The fraction of sp³-hybridized carbons (Fsp3) is 0.294. The molecule has 0 saturated carbocycles. The highest BCUT2D eigenvalue weighted by atomic mass is 79.9. The number of halogens is 1. The van der Waals surface area contributed by atoms with E-state index in [2.05, 4.69) is 51.6 Å². The zero-order valence-electron chi connectivity index (χ0n) is 11.9. The van der Waals surface area contributed by atoms with Crippen molar-refractivity contribution in [1.82, 2.24) is 5.32 Å². The SMILES string of the molecule is CCOc1cccc(C(Cc2ccccc2Br)NC)c1. The molecule has 0 radical (unpaired) electrons. The number of likely N-dealkylation sites (N-methyl/N-ethyl adjacent to an activating group) is 1. The number of hydrogen-bond acceptors (Lipinski definition) is 2. The van der Waals surface area contributed by atoms with Crippen LogP contribution in [0.15, 0.2) is 53.0 Å². The lowest BCUT2D eigenvalue weighted by Gasteiger charge is -2.18. The maximum atomic E-state index is 5.58. The molecule has 0 aliphatic carbocycles. The van der Waals surface area contributed by atoms with E-state index in [0.29, 0.717) is 6.61 Å². The molecule has 2 rings (SSSR count). The fourth-order valence-corrected chi connectivity index (χ4v) is 2.70. The van der Waals surface area contributed by atoms with Crippen molar-refractivity contribution in [2.45, 2.75) is 19.4 Å². The van der Waals surface area contributed by atoms with E-state index in [1.165, 1.54) is 11.1 Å². The van der Waals surface area contributed by atoms with Gasteiger partial charge in [0.15, 0.2) is 0 Å². The molecule has 106 valence electrons. The van der Waals surface area contributed by atoms with Gasteiger partial charge in [-0.25, -0.2) is 0 Å². The first-order valence-corrected chi connectivity index (χ1v) is 7.67. The number of rotatable bonds is 6. The maximum absolute atomic E-state index is 5.58. The lowest BCUT2D eigenvalue weighted by molar-refractivity contribution is 0.339. The highest BCUT2D eigenvalue weighted by Crippen LogP contribution is 2.25. The highest BCUT2D eigenvalue weighted by molar-refractivity contribution is 9.10. The summed E-state index contributed by atoms with van der Waals surface area (Å²) >= 11 is 3.61. The standard InChI is InChI=1S/C17H20BrNO/c1-3-20-15-9-6-8-14(11-15)17(19-2)12-13-7-4-5-10-16(13)18/h4-11,17,19H,3,12H2,1-2H3. The van der Waals surface area contributed by atoms with E-state index in [1.54, 1.807) is 0 Å². The van der Waals surface area contributed by atoms with Crippen LogP contribution in [0, 0.1) is 0 Å². The van der Waals surface area contributed by atoms with Gasteiger partial charge in [-0.15, -0.1) is 0 Å². The molecular formula is C17H20BrNO. The molecule has 0 aliphatic heterocycles. The molecule has 0 fully saturated rings. The molecule has 0 amide bonds. The van der Waals surface area contributed by atoms with Crippen molar-refractivity contribution in [3.8, 4) is 5.75 Å². The molecule has 0 heterocycles. The average Bonchev–Trinajstić information content (AvgIpc) is 2.47. The van der Waals surface area contributed by atoms with Gasteiger partial charge in [-0.3, -0.25) is 0 Å². The molecule has 0 spiro atoms. The Morgan fingerprint density at radius 2 is 1.95 bits per heavy atom. The van der Waals surface area contributed by atoms with Crippen LogP contribution in [0.4, 0.5) is 0 Å². The van der Waals surface area contributed by atoms with Crippen molar-refractivity contribution in [2.24, 2.45) is 0 Å². The molecule has 2 aromatic carbocycles. The number of hydrogen-bond donors (Lipinski definition) is 1. The van der Waals surface area contributed by atoms with Crippen molar-refractivity contribution in [1.29, 1.82) is 0 Å². The summed E-state index contributed by atoms with van der Waals surface area (Å²) < 4.78 is 6.73. The number of ether oxygens (including phenoxy) is 1. The molecule has 2 aromatic rings. The first-order chi connectivity index (χ1) is 9.74. The van der Waals surface area contributed by atoms with Crippen molar-refractivity contribution >= 4 is 15.9 Å². The van der Waals surface area contributed by atoms with Gasteiger partial charge in [-0.2, -0.15) is 0 Å². The Kier molecular flexibility index (Phi) is 5.62. The van der Waals surface area contributed by atoms with Crippen LogP contribution in [0.3, 0.4) is 0 Å². The first kappa shape index (κ1) is 15.1. The van der Waals surface area contributed by atoms with Crippen LogP contribution in [-0.4, -0.2) is 13.7 Å². The second kappa shape index (κ2) is 7.46. The third kappa shape index (κ3) is 3.84. The third-order valence-corrected chi connectivity index (χ3v) is 4.08. The number of benzene rings is 2. The Bertz CT molecular complexity index is 556. The summed E-state index contributed by atoms with van der Waals surface area (Å²) in [5.41, 5.74) is 2.54. The van der Waals surface area contributed by atoms with Gasteiger partial charge in [-0.1, -0.05) is 46.3 Å². The van der Waals surface area contributed by atoms with Crippen molar-refractivity contribution in [2.75, 3.05) is 13.7 Å². The lowest BCUT2D eigenvalue weighted by Crippen LogP contribution is -2.19. The smallest absolute Gasteiger partial charge is 0.119 e. The van der Waals surface area contributed by atoms with E-state index in [4.69, 9.17) is 4.74 Å². The molecule has 1 unspecified atom stereocenters. The van der Waals surface area contributed by atoms with Crippen LogP contribution in [0.5, 0.6) is 5.75 Å². The summed E-state index contributed by atoms with van der Waals surface area (Å²) in [6.07, 6.45) is 0.938. The quantitative estimate of drug-likeness (QED) is 0.848. The minimum atomic E-state index is 0.272. The van der Waals surface area contributed by atoms with E-state index in [9.17, 15) is 0 Å². The molecule has 0 aliphatic rings. The molecule has 1 N–H and O–H groups in total. The Hall–Kier alpha value is -1.32.